The van der Waals surface area contributed by atoms with Gasteiger partial charge < -0.3 is 9.64 Å². The van der Waals surface area contributed by atoms with Crippen LogP contribution in [-0.2, 0) is 14.3 Å². The van der Waals surface area contributed by atoms with E-state index in [0.29, 0.717) is 6.61 Å². The molecule has 0 aromatic heterocycles. The minimum atomic E-state index is -0.362. The third-order valence-corrected chi connectivity index (χ3v) is 2.91. The maximum Gasteiger partial charge on any atom is 0.330 e. The average molecular weight is 275 g/mol. The number of carbonyl (C=O) groups excluding carboxylic acids is 2. The smallest absolute Gasteiger partial charge is 0.330 e. The molecule has 108 valence electrons. The van der Waals surface area contributed by atoms with Crippen molar-refractivity contribution in [1.82, 2.24) is 0 Å². The summed E-state index contributed by atoms with van der Waals surface area (Å²) in [5.74, 6) is -0.421. The molecule has 0 radical (unpaired) electrons. The van der Waals surface area contributed by atoms with Gasteiger partial charge in [0, 0.05) is 20.0 Å². The summed E-state index contributed by atoms with van der Waals surface area (Å²) in [6.07, 6.45) is 4.91. The second kappa shape index (κ2) is 8.15. The highest BCUT2D eigenvalue weighted by molar-refractivity contribution is 5.95. The Hall–Kier alpha value is -2.10. The second-order valence-electron chi connectivity index (χ2n) is 4.49. The summed E-state index contributed by atoms with van der Waals surface area (Å²) >= 11 is 0. The molecular weight excluding hydrogens is 254 g/mol. The molecule has 0 N–H and O–H groups in total. The molecule has 1 aromatic rings. The molecule has 0 fully saturated rings. The fourth-order valence-corrected chi connectivity index (χ4v) is 1.63. The summed E-state index contributed by atoms with van der Waals surface area (Å²) in [5.41, 5.74) is 1.57. The fourth-order valence-electron chi connectivity index (χ4n) is 1.63. The van der Waals surface area contributed by atoms with Crippen LogP contribution in [0.4, 0.5) is 5.69 Å². The number of unbranched alkanes of at least 4 members (excludes halogenated alkanes) is 1. The number of hydrogen-bond donors (Lipinski definition) is 0. The minimum absolute atomic E-state index is 0.0589. The van der Waals surface area contributed by atoms with Crippen molar-refractivity contribution in [1.29, 1.82) is 0 Å². The van der Waals surface area contributed by atoms with Crippen LogP contribution in [0, 0.1) is 0 Å². The van der Waals surface area contributed by atoms with Gasteiger partial charge in [0.1, 0.15) is 0 Å². The zero-order valence-corrected chi connectivity index (χ0v) is 12.3. The molecule has 0 saturated carbocycles. The molecular formula is C16H21NO3. The maximum absolute atomic E-state index is 11.5. The topological polar surface area (TPSA) is 46.6 Å². The maximum atomic E-state index is 11.5. The lowest BCUT2D eigenvalue weighted by Gasteiger charge is -2.17. The number of para-hydroxylation sites is 1. The van der Waals surface area contributed by atoms with Gasteiger partial charge in [-0.15, -0.1) is 0 Å². The number of rotatable bonds is 6. The van der Waals surface area contributed by atoms with E-state index in [2.05, 4.69) is 0 Å². The number of carbonyl (C=O) groups is 2. The number of hydrogen-bond acceptors (Lipinski definition) is 3. The fraction of sp³-hybridized carbons (Fsp3) is 0.375. The van der Waals surface area contributed by atoms with Crippen LogP contribution in [-0.4, -0.2) is 25.5 Å². The predicted octanol–water partition coefficient (Wildman–Crippen LogP) is 3.03. The minimum Gasteiger partial charge on any atom is -0.463 e. The number of ether oxygens (including phenoxy) is 1. The molecule has 0 heterocycles. The van der Waals surface area contributed by atoms with Gasteiger partial charge in [-0.25, -0.2) is 4.79 Å². The summed E-state index contributed by atoms with van der Waals surface area (Å²) in [7, 11) is 1.70. The van der Waals surface area contributed by atoms with Gasteiger partial charge in [-0.05, 0) is 24.1 Å². The zero-order valence-electron chi connectivity index (χ0n) is 12.3. The standard InChI is InChI=1S/C16H21NO3/c1-4-5-12-20-16(19)11-10-14-8-6-7-9-15(14)17(3)13(2)18/h6-11H,4-5,12H2,1-3H3/b11-10+. The van der Waals surface area contributed by atoms with Crippen molar-refractivity contribution in [3.8, 4) is 0 Å². The molecule has 0 aliphatic carbocycles. The zero-order chi connectivity index (χ0) is 15.0. The van der Waals surface area contributed by atoms with Crippen LogP contribution in [0.1, 0.15) is 32.3 Å². The van der Waals surface area contributed by atoms with Crippen molar-refractivity contribution in [2.45, 2.75) is 26.7 Å². The van der Waals surface area contributed by atoms with E-state index in [-0.39, 0.29) is 11.9 Å². The van der Waals surface area contributed by atoms with Crippen LogP contribution in [0.2, 0.25) is 0 Å². The van der Waals surface area contributed by atoms with E-state index in [1.54, 1.807) is 18.0 Å². The molecule has 0 bridgehead atoms. The Morgan fingerprint density at radius 3 is 2.65 bits per heavy atom. The van der Waals surface area contributed by atoms with Gasteiger partial charge in [-0.2, -0.15) is 0 Å². The van der Waals surface area contributed by atoms with Crippen LogP contribution in [0.3, 0.4) is 0 Å². The summed E-state index contributed by atoms with van der Waals surface area (Å²) in [5, 5.41) is 0. The first kappa shape index (κ1) is 16.0. The first-order valence-corrected chi connectivity index (χ1v) is 6.74. The molecule has 1 aromatic carbocycles. The number of amides is 1. The molecule has 4 nitrogen and oxygen atoms in total. The van der Waals surface area contributed by atoms with Gasteiger partial charge in [0.2, 0.25) is 5.91 Å². The number of esters is 1. The first-order chi connectivity index (χ1) is 9.56. The van der Waals surface area contributed by atoms with Gasteiger partial charge in [-0.1, -0.05) is 31.5 Å². The lowest BCUT2D eigenvalue weighted by Crippen LogP contribution is -2.23. The highest BCUT2D eigenvalue weighted by atomic mass is 16.5. The van der Waals surface area contributed by atoms with Gasteiger partial charge in [-0.3, -0.25) is 4.79 Å². The van der Waals surface area contributed by atoms with Crippen molar-refractivity contribution in [3.63, 3.8) is 0 Å². The molecule has 4 heteroatoms. The Bertz CT molecular complexity index is 494. The molecule has 0 unspecified atom stereocenters. The SMILES string of the molecule is CCCCOC(=O)/C=C/c1ccccc1N(C)C(C)=O. The summed E-state index contributed by atoms with van der Waals surface area (Å²) in [6.45, 7) is 3.98. The monoisotopic (exact) mass is 275 g/mol. The molecule has 0 aliphatic heterocycles. The molecule has 0 atom stereocenters. The van der Waals surface area contributed by atoms with Crippen LogP contribution in [0.5, 0.6) is 0 Å². The molecule has 1 amide bonds. The second-order valence-corrected chi connectivity index (χ2v) is 4.49. The number of benzene rings is 1. The first-order valence-electron chi connectivity index (χ1n) is 6.74. The third kappa shape index (κ3) is 4.88. The molecule has 0 spiro atoms. The highest BCUT2D eigenvalue weighted by Crippen LogP contribution is 2.20. The highest BCUT2D eigenvalue weighted by Gasteiger charge is 2.08. The third-order valence-electron chi connectivity index (χ3n) is 2.91. The molecule has 20 heavy (non-hydrogen) atoms. The van der Waals surface area contributed by atoms with E-state index in [1.807, 2.05) is 31.2 Å². The largest absolute Gasteiger partial charge is 0.463 e. The summed E-state index contributed by atoms with van der Waals surface area (Å²) in [4.78, 5) is 24.5. The van der Waals surface area contributed by atoms with Crippen LogP contribution in [0.15, 0.2) is 30.3 Å². The predicted molar refractivity (Wildman–Crippen MR) is 80.4 cm³/mol. The molecule has 1 rings (SSSR count). The lowest BCUT2D eigenvalue weighted by molar-refractivity contribution is -0.137. The van der Waals surface area contributed by atoms with E-state index in [4.69, 9.17) is 4.74 Å². The van der Waals surface area contributed by atoms with Crippen molar-refractivity contribution in [2.24, 2.45) is 0 Å². The molecule has 0 saturated heterocycles. The van der Waals surface area contributed by atoms with Crippen LogP contribution in [0.25, 0.3) is 6.08 Å². The number of anilines is 1. The van der Waals surface area contributed by atoms with Crippen molar-refractivity contribution < 1.29 is 14.3 Å². The quantitative estimate of drug-likeness (QED) is 0.455. The Morgan fingerprint density at radius 2 is 2.00 bits per heavy atom. The van der Waals surface area contributed by atoms with E-state index < -0.39 is 0 Å². The summed E-state index contributed by atoms with van der Waals surface area (Å²) < 4.78 is 5.05. The van der Waals surface area contributed by atoms with E-state index in [1.165, 1.54) is 13.0 Å². The molecule has 0 aliphatic rings. The Labute approximate surface area is 120 Å². The van der Waals surface area contributed by atoms with E-state index in [9.17, 15) is 9.59 Å². The van der Waals surface area contributed by atoms with Crippen LogP contribution >= 0.6 is 0 Å². The lowest BCUT2D eigenvalue weighted by atomic mass is 10.1. The van der Waals surface area contributed by atoms with Gasteiger partial charge in [0.15, 0.2) is 0 Å². The Morgan fingerprint density at radius 1 is 1.30 bits per heavy atom. The Kier molecular flexibility index (Phi) is 6.50. The van der Waals surface area contributed by atoms with Gasteiger partial charge in [0.25, 0.3) is 0 Å². The normalized spacial score (nSPS) is 10.6. The van der Waals surface area contributed by atoms with E-state index >= 15 is 0 Å². The van der Waals surface area contributed by atoms with E-state index in [0.717, 1.165) is 24.1 Å². The van der Waals surface area contributed by atoms with Crippen molar-refractivity contribution in [2.75, 3.05) is 18.6 Å². The number of nitrogens with zero attached hydrogens (tertiary/aromatic N) is 1. The Balaban J connectivity index is 2.77. The van der Waals surface area contributed by atoms with Crippen molar-refractivity contribution >= 4 is 23.6 Å². The van der Waals surface area contributed by atoms with Crippen LogP contribution < -0.4 is 4.90 Å². The van der Waals surface area contributed by atoms with Gasteiger partial charge in [0.05, 0.1) is 12.3 Å². The average Bonchev–Trinajstić information content (AvgIpc) is 2.45. The van der Waals surface area contributed by atoms with Gasteiger partial charge >= 0.3 is 5.97 Å². The van der Waals surface area contributed by atoms with Crippen molar-refractivity contribution in [3.05, 3.63) is 35.9 Å². The summed E-state index contributed by atoms with van der Waals surface area (Å²) in [6, 6.07) is 7.40.